The van der Waals surface area contributed by atoms with E-state index in [9.17, 15) is 0 Å². The first-order valence-electron chi connectivity index (χ1n) is 7.17. The molecule has 0 amide bonds. The Morgan fingerprint density at radius 1 is 0.867 bits per heavy atom. The van der Waals surface area contributed by atoms with Crippen molar-refractivity contribution in [3.05, 3.63) is 0 Å². The van der Waals surface area contributed by atoms with E-state index in [4.69, 9.17) is 0 Å². The molecule has 0 aromatic heterocycles. The van der Waals surface area contributed by atoms with Gasteiger partial charge >= 0.3 is 0 Å². The van der Waals surface area contributed by atoms with Crippen LogP contribution < -0.4 is 5.32 Å². The van der Waals surface area contributed by atoms with Gasteiger partial charge in [-0.25, -0.2) is 0 Å². The molecule has 0 bridgehead atoms. The minimum absolute atomic E-state index is 0.903. The summed E-state index contributed by atoms with van der Waals surface area (Å²) < 4.78 is 0. The molecule has 3 fully saturated rings. The van der Waals surface area contributed by atoms with E-state index in [1.165, 1.54) is 64.3 Å². The van der Waals surface area contributed by atoms with E-state index in [2.05, 4.69) is 5.32 Å². The van der Waals surface area contributed by atoms with Crippen LogP contribution in [0.3, 0.4) is 0 Å². The molecule has 0 spiro atoms. The number of hydrogen-bond donors (Lipinski definition) is 1. The molecule has 3 atom stereocenters. The van der Waals surface area contributed by atoms with E-state index in [0.29, 0.717) is 0 Å². The van der Waals surface area contributed by atoms with Crippen LogP contribution in [0.4, 0.5) is 0 Å². The highest BCUT2D eigenvalue weighted by Gasteiger charge is 2.39. The summed E-state index contributed by atoms with van der Waals surface area (Å²) in [4.78, 5) is 0. The molecule has 0 aromatic carbocycles. The molecule has 2 aliphatic carbocycles. The third kappa shape index (κ3) is 2.08. The second kappa shape index (κ2) is 4.45. The van der Waals surface area contributed by atoms with E-state index in [-0.39, 0.29) is 0 Å². The van der Waals surface area contributed by atoms with Crippen LogP contribution in [-0.2, 0) is 0 Å². The van der Waals surface area contributed by atoms with E-state index < -0.39 is 0 Å². The van der Waals surface area contributed by atoms with Crippen molar-refractivity contribution in [2.24, 2.45) is 17.8 Å². The van der Waals surface area contributed by atoms with Crippen LogP contribution in [0, 0.1) is 17.8 Å². The van der Waals surface area contributed by atoms with E-state index >= 15 is 0 Å². The molecule has 3 unspecified atom stereocenters. The Kier molecular flexibility index (Phi) is 3.01. The van der Waals surface area contributed by atoms with Crippen molar-refractivity contribution >= 4 is 0 Å². The molecule has 0 aromatic rings. The number of fused-ring (bicyclic) bond motifs is 1. The largest absolute Gasteiger partial charge is 0.313 e. The summed E-state index contributed by atoms with van der Waals surface area (Å²) in [6.07, 6.45) is 13.6. The van der Waals surface area contributed by atoms with Crippen molar-refractivity contribution in [1.29, 1.82) is 0 Å². The molecule has 1 aliphatic heterocycles. The standard InChI is InChI=1S/C14H25N/c1-2-5-11(6-3-1)9-14-13-8-4-7-12(13)10-15-14/h11-15H,1-10H2. The van der Waals surface area contributed by atoms with Crippen LogP contribution in [0.5, 0.6) is 0 Å². The van der Waals surface area contributed by atoms with Gasteiger partial charge in [0, 0.05) is 6.04 Å². The van der Waals surface area contributed by atoms with E-state index in [1.807, 2.05) is 0 Å². The fourth-order valence-corrected chi connectivity index (χ4v) is 4.34. The average molecular weight is 207 g/mol. The zero-order valence-electron chi connectivity index (χ0n) is 9.88. The fourth-order valence-electron chi connectivity index (χ4n) is 4.34. The van der Waals surface area contributed by atoms with Gasteiger partial charge in [-0.15, -0.1) is 0 Å². The maximum atomic E-state index is 3.81. The summed E-state index contributed by atoms with van der Waals surface area (Å²) in [5.41, 5.74) is 0. The van der Waals surface area contributed by atoms with Crippen LogP contribution in [0.15, 0.2) is 0 Å². The summed E-state index contributed by atoms with van der Waals surface area (Å²) in [6.45, 7) is 1.34. The van der Waals surface area contributed by atoms with Gasteiger partial charge in [-0.2, -0.15) is 0 Å². The first-order chi connectivity index (χ1) is 7.43. The molecule has 2 saturated carbocycles. The maximum absolute atomic E-state index is 3.81. The highest BCUT2D eigenvalue weighted by molar-refractivity contribution is 4.95. The first kappa shape index (κ1) is 10.1. The van der Waals surface area contributed by atoms with Gasteiger partial charge in [0.1, 0.15) is 0 Å². The number of nitrogens with one attached hydrogen (secondary N) is 1. The predicted molar refractivity (Wildman–Crippen MR) is 63.8 cm³/mol. The Morgan fingerprint density at radius 3 is 2.60 bits per heavy atom. The lowest BCUT2D eigenvalue weighted by Gasteiger charge is -2.27. The summed E-state index contributed by atoms with van der Waals surface area (Å²) in [5.74, 6) is 3.18. The Labute approximate surface area is 94.0 Å². The monoisotopic (exact) mass is 207 g/mol. The van der Waals surface area contributed by atoms with Gasteiger partial charge in [0.05, 0.1) is 0 Å². The SMILES string of the molecule is C1CCC(CC2NCC3CCCC32)CC1. The Morgan fingerprint density at radius 2 is 1.73 bits per heavy atom. The Balaban J connectivity index is 1.54. The molecule has 1 nitrogen and oxygen atoms in total. The quantitative estimate of drug-likeness (QED) is 0.732. The highest BCUT2D eigenvalue weighted by atomic mass is 15.0. The van der Waals surface area contributed by atoms with Gasteiger partial charge in [0.2, 0.25) is 0 Å². The van der Waals surface area contributed by atoms with Gasteiger partial charge in [-0.1, -0.05) is 38.5 Å². The summed E-state index contributed by atoms with van der Waals surface area (Å²) in [6, 6.07) is 0.903. The normalized spacial score (nSPS) is 42.0. The molecule has 0 radical (unpaired) electrons. The molecule has 3 rings (SSSR count). The van der Waals surface area contributed by atoms with Gasteiger partial charge in [0.15, 0.2) is 0 Å². The van der Waals surface area contributed by atoms with Crippen molar-refractivity contribution in [2.75, 3.05) is 6.54 Å². The minimum Gasteiger partial charge on any atom is -0.313 e. The lowest BCUT2D eigenvalue weighted by atomic mass is 9.81. The van der Waals surface area contributed by atoms with Gasteiger partial charge in [-0.05, 0) is 43.6 Å². The molecule has 1 N–H and O–H groups in total. The van der Waals surface area contributed by atoms with Crippen LogP contribution >= 0.6 is 0 Å². The van der Waals surface area contributed by atoms with Crippen molar-refractivity contribution in [2.45, 2.75) is 63.8 Å². The molecule has 3 aliphatic rings. The predicted octanol–water partition coefficient (Wildman–Crippen LogP) is 3.34. The van der Waals surface area contributed by atoms with E-state index in [1.54, 1.807) is 0 Å². The minimum atomic E-state index is 0.903. The third-order valence-corrected chi connectivity index (χ3v) is 5.19. The first-order valence-corrected chi connectivity index (χ1v) is 7.17. The smallest absolute Gasteiger partial charge is 0.0101 e. The van der Waals surface area contributed by atoms with Gasteiger partial charge in [0.25, 0.3) is 0 Å². The summed E-state index contributed by atoms with van der Waals surface area (Å²) >= 11 is 0. The van der Waals surface area contributed by atoms with Gasteiger partial charge in [-0.3, -0.25) is 0 Å². The molecular weight excluding hydrogens is 182 g/mol. The van der Waals surface area contributed by atoms with Crippen LogP contribution in [0.1, 0.15) is 57.8 Å². The van der Waals surface area contributed by atoms with Crippen LogP contribution in [0.2, 0.25) is 0 Å². The maximum Gasteiger partial charge on any atom is 0.0101 e. The van der Waals surface area contributed by atoms with Crippen molar-refractivity contribution in [1.82, 2.24) is 5.32 Å². The third-order valence-electron chi connectivity index (χ3n) is 5.19. The summed E-state index contributed by atoms with van der Waals surface area (Å²) in [5, 5.41) is 3.81. The van der Waals surface area contributed by atoms with E-state index in [0.717, 1.165) is 23.8 Å². The molecule has 86 valence electrons. The summed E-state index contributed by atoms with van der Waals surface area (Å²) in [7, 11) is 0. The van der Waals surface area contributed by atoms with Crippen molar-refractivity contribution in [3.63, 3.8) is 0 Å². The molecule has 1 heterocycles. The molecule has 15 heavy (non-hydrogen) atoms. The second-order valence-corrected chi connectivity index (χ2v) is 6.11. The lowest BCUT2D eigenvalue weighted by Crippen LogP contribution is -2.30. The molecule has 1 saturated heterocycles. The zero-order chi connectivity index (χ0) is 10.1. The van der Waals surface area contributed by atoms with Crippen molar-refractivity contribution < 1.29 is 0 Å². The Bertz CT molecular complexity index is 207. The molecular formula is C14H25N. The number of rotatable bonds is 2. The zero-order valence-corrected chi connectivity index (χ0v) is 9.88. The lowest BCUT2D eigenvalue weighted by molar-refractivity contribution is 0.276. The van der Waals surface area contributed by atoms with Crippen LogP contribution in [0.25, 0.3) is 0 Å². The van der Waals surface area contributed by atoms with Crippen LogP contribution in [-0.4, -0.2) is 12.6 Å². The fraction of sp³-hybridized carbons (Fsp3) is 1.00. The second-order valence-electron chi connectivity index (χ2n) is 6.11. The topological polar surface area (TPSA) is 12.0 Å². The van der Waals surface area contributed by atoms with Gasteiger partial charge < -0.3 is 5.32 Å². The highest BCUT2D eigenvalue weighted by Crippen LogP contribution is 2.41. The average Bonchev–Trinajstić information content (AvgIpc) is 2.85. The van der Waals surface area contributed by atoms with Crippen molar-refractivity contribution in [3.8, 4) is 0 Å². The number of hydrogen-bond acceptors (Lipinski definition) is 1. The Hall–Kier alpha value is -0.0400. The molecule has 1 heteroatoms.